The molecule has 2 amide bonds. The Morgan fingerprint density at radius 2 is 1.54 bits per heavy atom. The highest BCUT2D eigenvalue weighted by Gasteiger charge is 2.42. The summed E-state index contributed by atoms with van der Waals surface area (Å²) in [6.45, 7) is 5.59. The fourth-order valence-corrected chi connectivity index (χ4v) is 4.55. The van der Waals surface area contributed by atoms with Crippen LogP contribution in [-0.2, 0) is 9.59 Å². The number of thiocarbonyl (C=S) groups is 1. The average Bonchev–Trinajstić information content (AvgIpc) is 2.78. The van der Waals surface area contributed by atoms with E-state index in [1.165, 1.54) is 47.4 Å². The molecule has 1 aliphatic heterocycles. The lowest BCUT2D eigenvalue weighted by Gasteiger charge is -2.38. The normalized spacial score (nSPS) is 15.2. The van der Waals surface area contributed by atoms with Crippen molar-refractivity contribution in [2.45, 2.75) is 20.8 Å². The molecule has 0 spiro atoms. The zero-order chi connectivity index (χ0) is 25.4. The molecule has 3 aromatic carbocycles. The Morgan fingerprint density at radius 3 is 2.17 bits per heavy atom. The van der Waals surface area contributed by atoms with E-state index < -0.39 is 22.6 Å². The van der Waals surface area contributed by atoms with Crippen molar-refractivity contribution in [3.8, 4) is 0 Å². The van der Waals surface area contributed by atoms with E-state index in [1.807, 2.05) is 32.9 Å². The van der Waals surface area contributed by atoms with Crippen LogP contribution in [0.5, 0.6) is 0 Å². The molecule has 0 atom stereocenters. The van der Waals surface area contributed by atoms with Crippen LogP contribution in [0.3, 0.4) is 0 Å². The summed E-state index contributed by atoms with van der Waals surface area (Å²) in [7, 11) is 0. The summed E-state index contributed by atoms with van der Waals surface area (Å²) in [6.07, 6.45) is 1.29. The van der Waals surface area contributed by atoms with E-state index in [-0.39, 0.29) is 22.1 Å². The number of hydrogen-bond donors (Lipinski definition) is 0. The molecule has 0 aromatic heterocycles. The average molecular weight is 490 g/mol. The lowest BCUT2D eigenvalue weighted by Crippen LogP contribution is -2.57. The Bertz CT molecular complexity index is 1430. The maximum atomic E-state index is 14.1. The minimum Gasteiger partial charge on any atom is -0.268 e. The second kappa shape index (κ2) is 9.19. The minimum absolute atomic E-state index is 0.114. The van der Waals surface area contributed by atoms with Crippen LogP contribution in [0.2, 0.25) is 0 Å². The van der Waals surface area contributed by atoms with Crippen molar-refractivity contribution >= 4 is 52.3 Å². The summed E-state index contributed by atoms with van der Waals surface area (Å²) < 4.78 is 14.1. The summed E-state index contributed by atoms with van der Waals surface area (Å²) >= 11 is 5.61. The molecule has 176 valence electrons. The summed E-state index contributed by atoms with van der Waals surface area (Å²) in [5, 5.41) is 11.1. The van der Waals surface area contributed by atoms with Crippen LogP contribution in [0, 0.1) is 36.7 Å². The Labute approximate surface area is 206 Å². The Kier molecular flexibility index (Phi) is 6.27. The Hall–Kier alpha value is -4.24. The molecule has 0 radical (unpaired) electrons. The molecule has 1 heterocycles. The molecule has 0 saturated carbocycles. The lowest BCUT2D eigenvalue weighted by atomic mass is 10.0. The third-order valence-corrected chi connectivity index (χ3v) is 5.93. The predicted molar refractivity (Wildman–Crippen MR) is 136 cm³/mol. The third kappa shape index (κ3) is 4.45. The van der Waals surface area contributed by atoms with Gasteiger partial charge in [-0.05, 0) is 74.0 Å². The number of hydrogen-bond acceptors (Lipinski definition) is 5. The molecule has 9 heteroatoms. The van der Waals surface area contributed by atoms with Gasteiger partial charge in [0.25, 0.3) is 17.5 Å². The van der Waals surface area contributed by atoms with Gasteiger partial charge < -0.3 is 0 Å². The largest absolute Gasteiger partial charge is 0.270 e. The highest BCUT2D eigenvalue weighted by molar-refractivity contribution is 7.81. The molecule has 3 aromatic rings. The first-order valence-electron chi connectivity index (χ1n) is 10.6. The number of non-ortho nitro benzene ring substituents is 1. The smallest absolute Gasteiger partial charge is 0.268 e. The third-order valence-electron chi connectivity index (χ3n) is 5.57. The van der Waals surface area contributed by atoms with Gasteiger partial charge in [-0.1, -0.05) is 35.9 Å². The Morgan fingerprint density at radius 1 is 0.914 bits per heavy atom. The summed E-state index contributed by atoms with van der Waals surface area (Å²) in [4.78, 5) is 40.3. The first kappa shape index (κ1) is 23.9. The lowest BCUT2D eigenvalue weighted by molar-refractivity contribution is -0.384. The molecule has 4 rings (SSSR count). The number of halogens is 1. The standard InChI is InChI=1S/C26H20FN3O4S/c1-15-10-16(2)23(17(3)11-15)29-25(32)22(13-18-6-4-9-21(12-18)30(33)34)24(31)28(26(29)35)20-8-5-7-19(27)14-20/h4-14H,1-3H3/b22-13-. The van der Waals surface area contributed by atoms with Crippen LogP contribution in [0.15, 0.2) is 66.2 Å². The van der Waals surface area contributed by atoms with Crippen LogP contribution >= 0.6 is 12.2 Å². The second-order valence-electron chi connectivity index (χ2n) is 8.20. The number of nitro groups is 1. The molecule has 0 unspecified atom stereocenters. The molecule has 0 bridgehead atoms. The molecule has 35 heavy (non-hydrogen) atoms. The van der Waals surface area contributed by atoms with Gasteiger partial charge in [-0.2, -0.15) is 0 Å². The number of aryl methyl sites for hydroxylation is 3. The number of amides is 2. The van der Waals surface area contributed by atoms with E-state index in [1.54, 1.807) is 6.07 Å². The van der Waals surface area contributed by atoms with Crippen LogP contribution in [0.4, 0.5) is 21.5 Å². The number of carbonyl (C=O) groups is 2. The van der Waals surface area contributed by atoms with Crippen molar-refractivity contribution < 1.29 is 18.9 Å². The SMILES string of the molecule is Cc1cc(C)c(N2C(=O)/C(=C\c3cccc([N+](=O)[O-])c3)C(=O)N(c3cccc(F)c3)C2=S)c(C)c1. The molecule has 7 nitrogen and oxygen atoms in total. The first-order valence-corrected chi connectivity index (χ1v) is 11.0. The molecular weight excluding hydrogens is 469 g/mol. The van der Waals surface area contributed by atoms with Crippen LogP contribution < -0.4 is 9.80 Å². The summed E-state index contributed by atoms with van der Waals surface area (Å²) in [6, 6.07) is 14.7. The maximum Gasteiger partial charge on any atom is 0.270 e. The molecule has 1 saturated heterocycles. The van der Waals surface area contributed by atoms with Crippen molar-refractivity contribution in [2.75, 3.05) is 9.80 Å². The van der Waals surface area contributed by atoms with Gasteiger partial charge in [0.05, 0.1) is 16.3 Å². The second-order valence-corrected chi connectivity index (χ2v) is 8.57. The number of benzene rings is 3. The molecule has 1 aliphatic rings. The molecular formula is C26H20FN3O4S. The first-order chi connectivity index (χ1) is 16.6. The van der Waals surface area contributed by atoms with E-state index in [0.717, 1.165) is 27.7 Å². The highest BCUT2D eigenvalue weighted by Crippen LogP contribution is 2.34. The van der Waals surface area contributed by atoms with Crippen molar-refractivity contribution in [1.82, 2.24) is 0 Å². The van der Waals surface area contributed by atoms with Gasteiger partial charge in [0, 0.05) is 12.1 Å². The number of anilines is 2. The van der Waals surface area contributed by atoms with Crippen molar-refractivity contribution in [2.24, 2.45) is 0 Å². The Balaban J connectivity index is 1.94. The van der Waals surface area contributed by atoms with Gasteiger partial charge in [0.2, 0.25) is 0 Å². The van der Waals surface area contributed by atoms with E-state index >= 15 is 0 Å². The van der Waals surface area contributed by atoms with Crippen LogP contribution in [-0.4, -0.2) is 21.9 Å². The zero-order valence-corrected chi connectivity index (χ0v) is 19.9. The number of carbonyl (C=O) groups excluding carboxylic acids is 2. The monoisotopic (exact) mass is 489 g/mol. The van der Waals surface area contributed by atoms with E-state index in [4.69, 9.17) is 12.2 Å². The quantitative estimate of drug-likeness (QED) is 0.161. The van der Waals surface area contributed by atoms with Gasteiger partial charge in [-0.15, -0.1) is 0 Å². The van der Waals surface area contributed by atoms with E-state index in [0.29, 0.717) is 11.3 Å². The van der Waals surface area contributed by atoms with Gasteiger partial charge in [-0.25, -0.2) is 4.39 Å². The van der Waals surface area contributed by atoms with E-state index in [9.17, 15) is 24.1 Å². The number of rotatable bonds is 4. The molecule has 0 aliphatic carbocycles. The number of nitrogens with zero attached hydrogens (tertiary/aromatic N) is 3. The van der Waals surface area contributed by atoms with E-state index in [2.05, 4.69) is 0 Å². The zero-order valence-electron chi connectivity index (χ0n) is 19.1. The van der Waals surface area contributed by atoms with Crippen LogP contribution in [0.1, 0.15) is 22.3 Å². The van der Waals surface area contributed by atoms with Gasteiger partial charge in [0.1, 0.15) is 11.4 Å². The number of nitro benzene ring substituents is 1. The maximum absolute atomic E-state index is 14.1. The van der Waals surface area contributed by atoms with Crippen molar-refractivity contribution in [3.05, 3.63) is 104 Å². The van der Waals surface area contributed by atoms with Crippen LogP contribution in [0.25, 0.3) is 6.08 Å². The summed E-state index contributed by atoms with van der Waals surface area (Å²) in [5.41, 5.74) is 3.04. The summed E-state index contributed by atoms with van der Waals surface area (Å²) in [5.74, 6) is -2.00. The minimum atomic E-state index is -0.754. The van der Waals surface area contributed by atoms with Gasteiger partial charge >= 0.3 is 0 Å². The fourth-order valence-electron chi connectivity index (χ4n) is 4.19. The highest BCUT2D eigenvalue weighted by atomic mass is 32.1. The molecule has 0 N–H and O–H groups in total. The fraction of sp³-hybridized carbons (Fsp3) is 0.115. The topological polar surface area (TPSA) is 83.8 Å². The van der Waals surface area contributed by atoms with Gasteiger partial charge in [-0.3, -0.25) is 29.5 Å². The predicted octanol–water partition coefficient (Wildman–Crippen LogP) is 5.41. The van der Waals surface area contributed by atoms with Gasteiger partial charge in [0.15, 0.2) is 5.11 Å². The van der Waals surface area contributed by atoms with Crippen molar-refractivity contribution in [3.63, 3.8) is 0 Å². The van der Waals surface area contributed by atoms with Crippen molar-refractivity contribution in [1.29, 1.82) is 0 Å². The molecule has 1 fully saturated rings.